The molecule has 5 heteroatoms. The Kier molecular flexibility index (Phi) is 6.46. The summed E-state index contributed by atoms with van der Waals surface area (Å²) in [5.41, 5.74) is 5.08. The van der Waals surface area contributed by atoms with Crippen molar-refractivity contribution in [2.24, 2.45) is 17.1 Å². The highest BCUT2D eigenvalue weighted by Crippen LogP contribution is 2.18. The average molecular weight is 283 g/mol. The molecule has 1 atom stereocenters. The largest absolute Gasteiger partial charge is 0.355 e. The van der Waals surface area contributed by atoms with Gasteiger partial charge in [-0.2, -0.15) is 0 Å². The topological polar surface area (TPSA) is 75.4 Å². The number of likely N-dealkylation sites (tertiary alicyclic amines) is 1. The molecule has 3 N–H and O–H groups in total. The Morgan fingerprint density at radius 2 is 2.05 bits per heavy atom. The van der Waals surface area contributed by atoms with Gasteiger partial charge in [0.1, 0.15) is 0 Å². The molecular weight excluding hydrogens is 254 g/mol. The number of carbonyl (C=O) groups excluding carboxylic acids is 2. The molecule has 1 heterocycles. The maximum Gasteiger partial charge on any atom is 0.225 e. The van der Waals surface area contributed by atoms with Gasteiger partial charge in [0, 0.05) is 31.5 Å². The number of nitrogens with zero attached hydrogens (tertiary/aromatic N) is 1. The maximum absolute atomic E-state index is 12.0. The molecule has 1 unspecified atom stereocenters. The summed E-state index contributed by atoms with van der Waals surface area (Å²) in [6.07, 6.45) is 3.38. The van der Waals surface area contributed by atoms with E-state index in [2.05, 4.69) is 5.32 Å². The number of hydrogen-bond donors (Lipinski definition) is 2. The first kappa shape index (κ1) is 17.0. The zero-order chi connectivity index (χ0) is 15.2. The highest BCUT2D eigenvalue weighted by molar-refractivity contribution is 5.81. The predicted molar refractivity (Wildman–Crippen MR) is 80.1 cm³/mol. The van der Waals surface area contributed by atoms with Gasteiger partial charge < -0.3 is 16.0 Å². The molecule has 0 aliphatic carbocycles. The van der Waals surface area contributed by atoms with Crippen molar-refractivity contribution in [2.45, 2.75) is 46.5 Å². The third-order valence-corrected chi connectivity index (χ3v) is 3.70. The Balaban J connectivity index is 2.37. The summed E-state index contributed by atoms with van der Waals surface area (Å²) in [6, 6.07) is 0. The van der Waals surface area contributed by atoms with Crippen LogP contribution < -0.4 is 11.1 Å². The van der Waals surface area contributed by atoms with E-state index in [1.807, 2.05) is 25.7 Å². The molecule has 0 aromatic carbocycles. The van der Waals surface area contributed by atoms with Crippen LogP contribution in [0.5, 0.6) is 0 Å². The van der Waals surface area contributed by atoms with Crippen molar-refractivity contribution in [3.8, 4) is 0 Å². The van der Waals surface area contributed by atoms with Gasteiger partial charge in [0.05, 0.1) is 0 Å². The lowest BCUT2D eigenvalue weighted by Gasteiger charge is -2.33. The maximum atomic E-state index is 12.0. The number of hydrogen-bond acceptors (Lipinski definition) is 3. The van der Waals surface area contributed by atoms with E-state index in [-0.39, 0.29) is 17.2 Å². The molecule has 0 aromatic heterocycles. The van der Waals surface area contributed by atoms with Gasteiger partial charge in [-0.05, 0) is 31.7 Å². The van der Waals surface area contributed by atoms with Crippen LogP contribution in [0.1, 0.15) is 46.5 Å². The molecule has 0 spiro atoms. The first-order valence-electron chi connectivity index (χ1n) is 7.60. The lowest BCUT2D eigenvalue weighted by Crippen LogP contribution is -2.45. The van der Waals surface area contributed by atoms with Crippen molar-refractivity contribution < 1.29 is 9.59 Å². The summed E-state index contributed by atoms with van der Waals surface area (Å²) in [4.78, 5) is 25.8. The SMILES string of the molecule is CC(C)(C)C(=O)NCC1CCCN(C(=O)CCCN)C1. The summed E-state index contributed by atoms with van der Waals surface area (Å²) in [6.45, 7) is 8.55. The molecule has 0 saturated carbocycles. The minimum Gasteiger partial charge on any atom is -0.355 e. The molecule has 1 fully saturated rings. The molecule has 0 radical (unpaired) electrons. The Labute approximate surface area is 122 Å². The first-order chi connectivity index (χ1) is 9.34. The summed E-state index contributed by atoms with van der Waals surface area (Å²) < 4.78 is 0. The summed E-state index contributed by atoms with van der Waals surface area (Å²) >= 11 is 0. The molecule has 116 valence electrons. The van der Waals surface area contributed by atoms with Crippen LogP contribution in [0.3, 0.4) is 0 Å². The van der Waals surface area contributed by atoms with Crippen molar-refractivity contribution in [1.82, 2.24) is 10.2 Å². The fourth-order valence-electron chi connectivity index (χ4n) is 2.37. The Morgan fingerprint density at radius 3 is 2.65 bits per heavy atom. The van der Waals surface area contributed by atoms with Crippen LogP contribution in [0.2, 0.25) is 0 Å². The lowest BCUT2D eigenvalue weighted by atomic mass is 9.94. The number of carbonyl (C=O) groups is 2. The number of rotatable bonds is 5. The minimum absolute atomic E-state index is 0.0732. The zero-order valence-electron chi connectivity index (χ0n) is 13.1. The molecule has 5 nitrogen and oxygen atoms in total. The summed E-state index contributed by atoms with van der Waals surface area (Å²) in [5.74, 6) is 0.642. The van der Waals surface area contributed by atoms with E-state index in [0.717, 1.165) is 32.4 Å². The molecule has 1 aliphatic heterocycles. The van der Waals surface area contributed by atoms with Gasteiger partial charge in [0.15, 0.2) is 0 Å². The molecule has 2 amide bonds. The summed E-state index contributed by atoms with van der Waals surface area (Å²) in [7, 11) is 0. The molecule has 0 bridgehead atoms. The third-order valence-electron chi connectivity index (χ3n) is 3.70. The fourth-order valence-corrected chi connectivity index (χ4v) is 2.37. The van der Waals surface area contributed by atoms with E-state index in [1.165, 1.54) is 0 Å². The lowest BCUT2D eigenvalue weighted by molar-refractivity contribution is -0.133. The molecule has 20 heavy (non-hydrogen) atoms. The predicted octanol–water partition coefficient (Wildman–Crippen LogP) is 1.13. The van der Waals surface area contributed by atoms with E-state index >= 15 is 0 Å². The fraction of sp³-hybridized carbons (Fsp3) is 0.867. The Hall–Kier alpha value is -1.10. The van der Waals surface area contributed by atoms with Crippen LogP contribution >= 0.6 is 0 Å². The van der Waals surface area contributed by atoms with Crippen molar-refractivity contribution in [1.29, 1.82) is 0 Å². The average Bonchev–Trinajstić information content (AvgIpc) is 2.41. The second-order valence-corrected chi connectivity index (χ2v) is 6.70. The number of nitrogens with two attached hydrogens (primary N) is 1. The van der Waals surface area contributed by atoms with Gasteiger partial charge in [-0.25, -0.2) is 0 Å². The highest BCUT2D eigenvalue weighted by Gasteiger charge is 2.26. The minimum atomic E-state index is -0.356. The summed E-state index contributed by atoms with van der Waals surface area (Å²) in [5, 5.41) is 3.00. The van der Waals surface area contributed by atoms with Gasteiger partial charge in [-0.3, -0.25) is 9.59 Å². The second kappa shape index (κ2) is 7.62. The normalized spacial score (nSPS) is 19.8. The highest BCUT2D eigenvalue weighted by atomic mass is 16.2. The monoisotopic (exact) mass is 283 g/mol. The van der Waals surface area contributed by atoms with Crippen molar-refractivity contribution in [3.05, 3.63) is 0 Å². The second-order valence-electron chi connectivity index (χ2n) is 6.70. The van der Waals surface area contributed by atoms with E-state index < -0.39 is 0 Å². The first-order valence-corrected chi connectivity index (χ1v) is 7.60. The van der Waals surface area contributed by atoms with E-state index in [0.29, 0.717) is 25.4 Å². The molecule has 1 rings (SSSR count). The van der Waals surface area contributed by atoms with Gasteiger partial charge in [0.25, 0.3) is 0 Å². The van der Waals surface area contributed by atoms with E-state index in [9.17, 15) is 9.59 Å². The van der Waals surface area contributed by atoms with Crippen LogP contribution in [0.25, 0.3) is 0 Å². The number of nitrogens with one attached hydrogen (secondary N) is 1. The molecular formula is C15H29N3O2. The third kappa shape index (κ3) is 5.49. The van der Waals surface area contributed by atoms with Crippen molar-refractivity contribution in [3.63, 3.8) is 0 Å². The van der Waals surface area contributed by atoms with Crippen molar-refractivity contribution >= 4 is 11.8 Å². The van der Waals surface area contributed by atoms with Gasteiger partial charge >= 0.3 is 0 Å². The molecule has 0 aromatic rings. The Bertz CT molecular complexity index is 337. The van der Waals surface area contributed by atoms with E-state index in [4.69, 9.17) is 5.73 Å². The standard InChI is InChI=1S/C15H29N3O2/c1-15(2,3)14(20)17-10-12-6-5-9-18(11-12)13(19)7-4-8-16/h12H,4-11,16H2,1-3H3,(H,17,20). The number of amides is 2. The van der Waals surface area contributed by atoms with Crippen LogP contribution in [0, 0.1) is 11.3 Å². The van der Waals surface area contributed by atoms with Crippen LogP contribution in [0.4, 0.5) is 0 Å². The van der Waals surface area contributed by atoms with Crippen molar-refractivity contribution in [2.75, 3.05) is 26.2 Å². The molecule has 1 saturated heterocycles. The smallest absolute Gasteiger partial charge is 0.225 e. The van der Waals surface area contributed by atoms with Gasteiger partial charge in [-0.1, -0.05) is 20.8 Å². The van der Waals surface area contributed by atoms with Crippen LogP contribution in [0.15, 0.2) is 0 Å². The van der Waals surface area contributed by atoms with Gasteiger partial charge in [-0.15, -0.1) is 0 Å². The van der Waals surface area contributed by atoms with E-state index in [1.54, 1.807) is 0 Å². The van der Waals surface area contributed by atoms with Crippen LogP contribution in [-0.2, 0) is 9.59 Å². The quantitative estimate of drug-likeness (QED) is 0.794. The Morgan fingerprint density at radius 1 is 1.35 bits per heavy atom. The number of piperidine rings is 1. The zero-order valence-corrected chi connectivity index (χ0v) is 13.1. The van der Waals surface area contributed by atoms with Gasteiger partial charge in [0.2, 0.25) is 11.8 Å². The van der Waals surface area contributed by atoms with Crippen LogP contribution in [-0.4, -0.2) is 42.9 Å². The molecule has 1 aliphatic rings.